The van der Waals surface area contributed by atoms with E-state index in [-0.39, 0.29) is 28.0 Å². The number of hydrogen-bond donors (Lipinski definition) is 2. The van der Waals surface area contributed by atoms with Crippen molar-refractivity contribution in [3.8, 4) is 11.6 Å². The van der Waals surface area contributed by atoms with Crippen LogP contribution >= 0.6 is 11.6 Å². The fourth-order valence-corrected chi connectivity index (χ4v) is 4.13. The summed E-state index contributed by atoms with van der Waals surface area (Å²) in [5, 5.41) is 6.36. The van der Waals surface area contributed by atoms with Crippen LogP contribution in [-0.4, -0.2) is 41.1 Å². The highest BCUT2D eigenvalue weighted by atomic mass is 35.5. The van der Waals surface area contributed by atoms with Crippen LogP contribution in [0.2, 0.25) is 5.02 Å². The third-order valence-corrected chi connectivity index (χ3v) is 5.95. The molecule has 170 valence electrons. The molecule has 0 radical (unpaired) electrons. The van der Waals surface area contributed by atoms with Crippen molar-refractivity contribution < 1.29 is 13.5 Å². The van der Waals surface area contributed by atoms with E-state index in [0.29, 0.717) is 17.8 Å². The minimum absolute atomic E-state index is 0.0255. The smallest absolute Gasteiger partial charge is 0.243 e. The molecular formula is C23H21ClF2N6O. The summed E-state index contributed by atoms with van der Waals surface area (Å²) in [6, 6.07) is 4.80. The summed E-state index contributed by atoms with van der Waals surface area (Å²) in [5.41, 5.74) is 2.42. The van der Waals surface area contributed by atoms with E-state index in [1.54, 1.807) is 12.3 Å². The first-order valence-corrected chi connectivity index (χ1v) is 10.9. The first-order valence-electron chi connectivity index (χ1n) is 10.5. The Kier molecular flexibility index (Phi) is 5.82. The molecule has 0 atom stereocenters. The van der Waals surface area contributed by atoms with Crippen LogP contribution in [0, 0.1) is 11.6 Å². The van der Waals surface area contributed by atoms with Crippen molar-refractivity contribution in [1.82, 2.24) is 20.3 Å². The van der Waals surface area contributed by atoms with Crippen LogP contribution in [0.25, 0.3) is 6.08 Å². The van der Waals surface area contributed by atoms with Crippen LogP contribution < -0.4 is 20.3 Å². The fourth-order valence-electron chi connectivity index (χ4n) is 3.95. The maximum atomic E-state index is 14.9. The zero-order valence-electron chi connectivity index (χ0n) is 17.8. The molecule has 5 rings (SSSR count). The molecular weight excluding hydrogens is 450 g/mol. The Hall–Kier alpha value is -3.30. The topological polar surface area (TPSA) is 75.2 Å². The van der Waals surface area contributed by atoms with Crippen molar-refractivity contribution in [2.24, 2.45) is 0 Å². The van der Waals surface area contributed by atoms with Crippen LogP contribution in [0.3, 0.4) is 0 Å². The maximum absolute atomic E-state index is 14.9. The molecule has 1 aliphatic heterocycles. The first-order chi connectivity index (χ1) is 16.0. The Morgan fingerprint density at radius 2 is 1.97 bits per heavy atom. The zero-order chi connectivity index (χ0) is 22.9. The molecule has 2 aromatic heterocycles. The molecule has 1 saturated heterocycles. The average molecular weight is 471 g/mol. The highest BCUT2D eigenvalue weighted by molar-refractivity contribution is 6.34. The van der Waals surface area contributed by atoms with Crippen LogP contribution in [0.5, 0.6) is 11.6 Å². The second-order valence-electron chi connectivity index (χ2n) is 7.94. The van der Waals surface area contributed by atoms with E-state index in [1.807, 2.05) is 19.1 Å². The number of nitrogens with zero attached hydrogens (tertiary/aromatic N) is 4. The molecule has 10 heteroatoms. The maximum Gasteiger partial charge on any atom is 0.243 e. The number of fused-ring (bicyclic) bond motifs is 1. The lowest BCUT2D eigenvalue weighted by molar-refractivity contribution is 0.420. The lowest BCUT2D eigenvalue weighted by atomic mass is 10.1. The number of rotatable bonds is 5. The number of hydrogen-bond acceptors (Lipinski definition) is 7. The van der Waals surface area contributed by atoms with E-state index in [9.17, 15) is 8.78 Å². The second kappa shape index (κ2) is 8.92. The van der Waals surface area contributed by atoms with Gasteiger partial charge in [-0.1, -0.05) is 23.3 Å². The molecule has 1 fully saturated rings. The van der Waals surface area contributed by atoms with Crippen molar-refractivity contribution in [2.75, 3.05) is 36.4 Å². The summed E-state index contributed by atoms with van der Waals surface area (Å²) in [5.74, 6) is -0.812. The molecule has 2 aliphatic rings. The van der Waals surface area contributed by atoms with Gasteiger partial charge in [0.05, 0.1) is 11.9 Å². The summed E-state index contributed by atoms with van der Waals surface area (Å²) in [6.45, 7) is 5.53. The van der Waals surface area contributed by atoms with Crippen molar-refractivity contribution in [2.45, 2.75) is 13.3 Å². The summed E-state index contributed by atoms with van der Waals surface area (Å²) in [7, 11) is 0. The molecule has 7 nitrogen and oxygen atoms in total. The molecule has 0 bridgehead atoms. The van der Waals surface area contributed by atoms with Crippen LogP contribution in [-0.2, 0) is 6.42 Å². The fraction of sp³-hybridized carbons (Fsp3) is 0.261. The molecule has 0 spiro atoms. The van der Waals surface area contributed by atoms with Crippen molar-refractivity contribution >= 4 is 35.0 Å². The van der Waals surface area contributed by atoms with Crippen molar-refractivity contribution in [3.63, 3.8) is 0 Å². The Labute approximate surface area is 194 Å². The van der Waals surface area contributed by atoms with Gasteiger partial charge in [-0.15, -0.1) is 0 Å². The lowest BCUT2D eigenvalue weighted by Gasteiger charge is -2.29. The standard InChI is InChI=1S/C23H21ClF2N6O/c1-13-8-15-16(9-13)21(26)18(10-17(15)25)33-23-20(24)22(29-12-30-23)31-19-3-2-14(11-28-19)32-6-4-27-5-7-32/h2-3,9-12,27H,4-8H2,1H3,(H,28,29,30,31). The molecule has 0 amide bonds. The van der Waals surface area contributed by atoms with Gasteiger partial charge in [-0.3, -0.25) is 0 Å². The summed E-state index contributed by atoms with van der Waals surface area (Å²) in [4.78, 5) is 14.8. The summed E-state index contributed by atoms with van der Waals surface area (Å²) in [6.07, 6.45) is 4.99. The Morgan fingerprint density at radius 1 is 1.15 bits per heavy atom. The minimum atomic E-state index is -0.655. The van der Waals surface area contributed by atoms with Crippen LogP contribution in [0.4, 0.5) is 26.1 Å². The molecule has 3 heterocycles. The van der Waals surface area contributed by atoms with Gasteiger partial charge in [0.15, 0.2) is 17.4 Å². The van der Waals surface area contributed by atoms with E-state index >= 15 is 0 Å². The predicted molar refractivity (Wildman–Crippen MR) is 123 cm³/mol. The Balaban J connectivity index is 1.36. The van der Waals surface area contributed by atoms with Gasteiger partial charge in [0, 0.05) is 43.4 Å². The number of pyridine rings is 1. The third kappa shape index (κ3) is 4.34. The van der Waals surface area contributed by atoms with Gasteiger partial charge in [-0.05, 0) is 25.5 Å². The van der Waals surface area contributed by atoms with Gasteiger partial charge in [0.2, 0.25) is 5.88 Å². The van der Waals surface area contributed by atoms with Crippen LogP contribution in [0.1, 0.15) is 18.1 Å². The average Bonchev–Trinajstić information content (AvgIpc) is 3.23. The van der Waals surface area contributed by atoms with E-state index in [1.165, 1.54) is 6.33 Å². The number of aromatic nitrogens is 3. The summed E-state index contributed by atoms with van der Waals surface area (Å²) >= 11 is 6.41. The van der Waals surface area contributed by atoms with Gasteiger partial charge in [0.25, 0.3) is 0 Å². The number of benzene rings is 1. The molecule has 1 aliphatic carbocycles. The van der Waals surface area contributed by atoms with Crippen LogP contribution in [0.15, 0.2) is 36.3 Å². The molecule has 33 heavy (non-hydrogen) atoms. The van der Waals surface area contributed by atoms with Gasteiger partial charge in [0.1, 0.15) is 23.0 Å². The lowest BCUT2D eigenvalue weighted by Crippen LogP contribution is -2.43. The number of allylic oxidation sites excluding steroid dienone is 1. The molecule has 0 unspecified atom stereocenters. The number of nitrogens with one attached hydrogen (secondary N) is 2. The number of anilines is 3. The second-order valence-corrected chi connectivity index (χ2v) is 8.32. The van der Waals surface area contributed by atoms with E-state index in [4.69, 9.17) is 16.3 Å². The first kappa shape index (κ1) is 21.5. The number of piperazine rings is 1. The Bertz CT molecular complexity index is 1230. The molecule has 3 aromatic rings. The number of halogens is 3. The van der Waals surface area contributed by atoms with Gasteiger partial charge in [-0.25, -0.2) is 18.7 Å². The normalized spacial score (nSPS) is 15.3. The quantitative estimate of drug-likeness (QED) is 0.559. The molecule has 0 saturated carbocycles. The third-order valence-electron chi connectivity index (χ3n) is 5.61. The van der Waals surface area contributed by atoms with Gasteiger partial charge >= 0.3 is 0 Å². The summed E-state index contributed by atoms with van der Waals surface area (Å²) < 4.78 is 35.0. The monoisotopic (exact) mass is 470 g/mol. The highest BCUT2D eigenvalue weighted by Gasteiger charge is 2.24. The van der Waals surface area contributed by atoms with Crippen molar-refractivity contribution in [1.29, 1.82) is 0 Å². The van der Waals surface area contributed by atoms with Crippen molar-refractivity contribution in [3.05, 3.63) is 64.1 Å². The number of ether oxygens (including phenoxy) is 1. The highest BCUT2D eigenvalue weighted by Crippen LogP contribution is 2.38. The predicted octanol–water partition coefficient (Wildman–Crippen LogP) is 4.71. The Morgan fingerprint density at radius 3 is 2.73 bits per heavy atom. The zero-order valence-corrected chi connectivity index (χ0v) is 18.6. The minimum Gasteiger partial charge on any atom is -0.434 e. The largest absolute Gasteiger partial charge is 0.434 e. The molecule has 1 aromatic carbocycles. The molecule has 2 N–H and O–H groups in total. The SMILES string of the molecule is CC1=Cc2c(F)c(Oc3ncnc(Nc4ccc(N5CCNCC5)cn4)c3Cl)cc(F)c2C1. The van der Waals surface area contributed by atoms with Gasteiger partial charge in [-0.2, -0.15) is 4.98 Å². The van der Waals surface area contributed by atoms with Gasteiger partial charge < -0.3 is 20.3 Å². The van der Waals surface area contributed by atoms with E-state index in [0.717, 1.165) is 43.5 Å². The van der Waals surface area contributed by atoms with E-state index < -0.39 is 11.6 Å². The van der Waals surface area contributed by atoms with E-state index in [2.05, 4.69) is 30.5 Å².